The van der Waals surface area contributed by atoms with Gasteiger partial charge in [0, 0.05) is 0 Å². The van der Waals surface area contributed by atoms with Crippen LogP contribution in [0.25, 0.3) is 0 Å². The Kier molecular flexibility index (Phi) is 1.39. The van der Waals surface area contributed by atoms with Crippen LogP contribution >= 0.6 is 0 Å². The highest BCUT2D eigenvalue weighted by atomic mass is 19.1. The summed E-state index contributed by atoms with van der Waals surface area (Å²) in [6, 6.07) is 0. The third-order valence-electron chi connectivity index (χ3n) is 2.56. The molecular formula is C8H13FO. The topological polar surface area (TPSA) is 17.1 Å². The predicted octanol–water partition coefficient (Wildman–Crippen LogP) is 2.10. The van der Waals surface area contributed by atoms with Gasteiger partial charge in [-0.15, -0.1) is 0 Å². The Morgan fingerprint density at radius 2 is 1.90 bits per heavy atom. The van der Waals surface area contributed by atoms with Crippen molar-refractivity contribution < 1.29 is 9.18 Å². The normalized spacial score (nSPS) is 22.4. The van der Waals surface area contributed by atoms with Gasteiger partial charge in [-0.25, -0.2) is 4.39 Å². The van der Waals surface area contributed by atoms with Gasteiger partial charge in [-0.1, -0.05) is 0 Å². The lowest BCUT2D eigenvalue weighted by Crippen LogP contribution is -2.33. The molecule has 0 radical (unpaired) electrons. The Morgan fingerprint density at radius 3 is 1.90 bits per heavy atom. The zero-order valence-corrected chi connectivity index (χ0v) is 6.70. The predicted molar refractivity (Wildman–Crippen MR) is 37.5 cm³/mol. The molecule has 58 valence electrons. The highest BCUT2D eigenvalue weighted by Crippen LogP contribution is 2.56. The van der Waals surface area contributed by atoms with E-state index in [1.165, 1.54) is 20.8 Å². The second-order valence-electron chi connectivity index (χ2n) is 3.61. The van der Waals surface area contributed by atoms with Gasteiger partial charge < -0.3 is 0 Å². The van der Waals surface area contributed by atoms with Crippen LogP contribution in [0.5, 0.6) is 0 Å². The minimum Gasteiger partial charge on any atom is -0.299 e. The minimum absolute atomic E-state index is 0.000000000000000666. The van der Waals surface area contributed by atoms with Gasteiger partial charge in [0.05, 0.1) is 5.41 Å². The van der Waals surface area contributed by atoms with Crippen LogP contribution in [-0.4, -0.2) is 11.5 Å². The largest absolute Gasteiger partial charge is 0.299 e. The summed E-state index contributed by atoms with van der Waals surface area (Å²) in [5.41, 5.74) is -1.94. The summed E-state index contributed by atoms with van der Waals surface area (Å²) >= 11 is 0. The first-order chi connectivity index (χ1) is 4.40. The molecule has 0 aliphatic heterocycles. The molecule has 1 aliphatic rings. The first kappa shape index (κ1) is 7.70. The molecule has 0 saturated heterocycles. The molecule has 0 aromatic rings. The van der Waals surface area contributed by atoms with Crippen LogP contribution in [0.15, 0.2) is 0 Å². The molecule has 0 N–H and O–H groups in total. The highest BCUT2D eigenvalue weighted by molar-refractivity contribution is 5.86. The summed E-state index contributed by atoms with van der Waals surface area (Å²) in [5.74, 6) is 0.000000000000000666. The standard InChI is InChI=1S/C8H13FO/c1-6(10)8(4-5-8)7(2,3)9/h4-5H2,1-3H3. The van der Waals surface area contributed by atoms with Gasteiger partial charge in [0.25, 0.3) is 0 Å². The first-order valence-corrected chi connectivity index (χ1v) is 3.60. The summed E-state index contributed by atoms with van der Waals surface area (Å²) in [4.78, 5) is 10.9. The average Bonchev–Trinajstić information content (AvgIpc) is 2.36. The highest BCUT2D eigenvalue weighted by Gasteiger charge is 2.58. The minimum atomic E-state index is -1.32. The number of halogens is 1. The summed E-state index contributed by atoms with van der Waals surface area (Å²) in [6.07, 6.45) is 1.46. The Labute approximate surface area is 60.6 Å². The molecule has 1 rings (SSSR count). The van der Waals surface area contributed by atoms with Crippen molar-refractivity contribution in [3.8, 4) is 0 Å². The van der Waals surface area contributed by atoms with E-state index >= 15 is 0 Å². The van der Waals surface area contributed by atoms with Crippen molar-refractivity contribution in [2.75, 3.05) is 0 Å². The molecule has 1 saturated carbocycles. The second kappa shape index (κ2) is 1.80. The number of alkyl halides is 1. The van der Waals surface area contributed by atoms with E-state index in [1.807, 2.05) is 0 Å². The van der Waals surface area contributed by atoms with Crippen LogP contribution in [0.2, 0.25) is 0 Å². The van der Waals surface area contributed by atoms with E-state index in [0.717, 1.165) is 12.8 Å². The summed E-state index contributed by atoms with van der Waals surface area (Å²) in [7, 11) is 0. The number of Topliss-reactive ketones (excluding diaryl/α,β-unsaturated/α-hetero) is 1. The average molecular weight is 144 g/mol. The number of carbonyl (C=O) groups is 1. The van der Waals surface area contributed by atoms with Gasteiger partial charge in [-0.3, -0.25) is 4.79 Å². The number of carbonyl (C=O) groups excluding carboxylic acids is 1. The number of rotatable bonds is 2. The zero-order chi connectivity index (χ0) is 7.99. The molecule has 0 aromatic carbocycles. The fraction of sp³-hybridized carbons (Fsp3) is 0.875. The van der Waals surface area contributed by atoms with Crippen LogP contribution in [0.1, 0.15) is 33.6 Å². The lowest BCUT2D eigenvalue weighted by Gasteiger charge is -2.23. The maximum atomic E-state index is 13.3. The molecule has 0 amide bonds. The first-order valence-electron chi connectivity index (χ1n) is 3.60. The Bertz CT molecular complexity index is 163. The van der Waals surface area contributed by atoms with E-state index in [0.29, 0.717) is 0 Å². The van der Waals surface area contributed by atoms with Crippen molar-refractivity contribution in [2.45, 2.75) is 39.3 Å². The van der Waals surface area contributed by atoms with Crippen molar-refractivity contribution >= 4 is 5.78 Å². The number of ketones is 1. The zero-order valence-electron chi connectivity index (χ0n) is 6.70. The van der Waals surface area contributed by atoms with Gasteiger partial charge in [-0.05, 0) is 33.6 Å². The molecule has 1 nitrogen and oxygen atoms in total. The van der Waals surface area contributed by atoms with Crippen molar-refractivity contribution in [1.29, 1.82) is 0 Å². The van der Waals surface area contributed by atoms with E-state index in [1.54, 1.807) is 0 Å². The number of hydrogen-bond acceptors (Lipinski definition) is 1. The molecule has 10 heavy (non-hydrogen) atoms. The third kappa shape index (κ3) is 0.862. The van der Waals surface area contributed by atoms with E-state index < -0.39 is 11.1 Å². The Hall–Kier alpha value is -0.400. The van der Waals surface area contributed by atoms with Crippen LogP contribution in [-0.2, 0) is 4.79 Å². The fourth-order valence-electron chi connectivity index (χ4n) is 1.49. The second-order valence-corrected chi connectivity index (χ2v) is 3.61. The molecular weight excluding hydrogens is 131 g/mol. The smallest absolute Gasteiger partial charge is 0.139 e. The van der Waals surface area contributed by atoms with Crippen molar-refractivity contribution in [3.63, 3.8) is 0 Å². The SMILES string of the molecule is CC(=O)C1(C(C)(C)F)CC1. The monoisotopic (exact) mass is 144 g/mol. The lowest BCUT2D eigenvalue weighted by molar-refractivity contribution is -0.126. The van der Waals surface area contributed by atoms with E-state index in [-0.39, 0.29) is 5.78 Å². The quantitative estimate of drug-likeness (QED) is 0.580. The molecule has 0 atom stereocenters. The summed E-state index contributed by atoms with van der Waals surface area (Å²) < 4.78 is 13.3. The lowest BCUT2D eigenvalue weighted by atomic mass is 9.86. The van der Waals surface area contributed by atoms with Crippen molar-refractivity contribution in [2.24, 2.45) is 5.41 Å². The van der Waals surface area contributed by atoms with Crippen LogP contribution in [0.3, 0.4) is 0 Å². The molecule has 1 aliphatic carbocycles. The third-order valence-corrected chi connectivity index (χ3v) is 2.56. The molecule has 0 bridgehead atoms. The van der Waals surface area contributed by atoms with E-state index in [4.69, 9.17) is 0 Å². The summed E-state index contributed by atoms with van der Waals surface area (Å²) in [5, 5.41) is 0. The Balaban J connectivity index is 2.80. The molecule has 0 heterocycles. The fourth-order valence-corrected chi connectivity index (χ4v) is 1.49. The van der Waals surface area contributed by atoms with Gasteiger partial charge >= 0.3 is 0 Å². The van der Waals surface area contributed by atoms with Gasteiger partial charge in [-0.2, -0.15) is 0 Å². The van der Waals surface area contributed by atoms with Crippen LogP contribution < -0.4 is 0 Å². The van der Waals surface area contributed by atoms with Crippen LogP contribution in [0.4, 0.5) is 4.39 Å². The van der Waals surface area contributed by atoms with Gasteiger partial charge in [0.15, 0.2) is 0 Å². The maximum Gasteiger partial charge on any atom is 0.139 e. The maximum absolute atomic E-state index is 13.3. The van der Waals surface area contributed by atoms with Crippen molar-refractivity contribution in [1.82, 2.24) is 0 Å². The van der Waals surface area contributed by atoms with E-state index in [9.17, 15) is 9.18 Å². The molecule has 0 aromatic heterocycles. The summed E-state index contributed by atoms with van der Waals surface area (Å²) in [6.45, 7) is 4.46. The number of hydrogen-bond donors (Lipinski definition) is 0. The molecule has 1 fully saturated rings. The Morgan fingerprint density at radius 1 is 1.50 bits per heavy atom. The van der Waals surface area contributed by atoms with Gasteiger partial charge in [0.1, 0.15) is 11.5 Å². The molecule has 2 heteroatoms. The molecule has 0 spiro atoms. The molecule has 0 unspecified atom stereocenters. The van der Waals surface area contributed by atoms with E-state index in [2.05, 4.69) is 0 Å². The van der Waals surface area contributed by atoms with Gasteiger partial charge in [0.2, 0.25) is 0 Å². The van der Waals surface area contributed by atoms with Crippen molar-refractivity contribution in [3.05, 3.63) is 0 Å². The van der Waals surface area contributed by atoms with Crippen LogP contribution in [0, 0.1) is 5.41 Å².